The van der Waals surface area contributed by atoms with Crippen molar-refractivity contribution in [2.75, 3.05) is 5.33 Å². The highest BCUT2D eigenvalue weighted by molar-refractivity contribution is 9.09. The van der Waals surface area contributed by atoms with E-state index in [2.05, 4.69) is 22.9 Å². The molecule has 18 heavy (non-hydrogen) atoms. The van der Waals surface area contributed by atoms with Gasteiger partial charge in [0.1, 0.15) is 0 Å². The first-order valence-electron chi connectivity index (χ1n) is 7.49. The largest absolute Gasteiger partial charge is 0.550 e. The normalized spacial score (nSPS) is 12.6. The molecule has 0 saturated heterocycles. The van der Waals surface area contributed by atoms with Crippen LogP contribution >= 0.6 is 15.9 Å². The van der Waals surface area contributed by atoms with Gasteiger partial charge in [0.2, 0.25) is 0 Å². The summed E-state index contributed by atoms with van der Waals surface area (Å²) < 4.78 is 0. The fourth-order valence-electron chi connectivity index (χ4n) is 2.23. The Labute approximate surface area is 121 Å². The van der Waals surface area contributed by atoms with Crippen molar-refractivity contribution < 1.29 is 9.90 Å². The zero-order valence-electron chi connectivity index (χ0n) is 11.8. The molecule has 0 aromatic carbocycles. The van der Waals surface area contributed by atoms with Crippen LogP contribution in [0.3, 0.4) is 0 Å². The van der Waals surface area contributed by atoms with Gasteiger partial charge in [0.15, 0.2) is 0 Å². The molecule has 1 unspecified atom stereocenters. The highest BCUT2D eigenvalue weighted by Crippen LogP contribution is 2.17. The van der Waals surface area contributed by atoms with Crippen molar-refractivity contribution in [3.05, 3.63) is 0 Å². The predicted molar refractivity (Wildman–Crippen MR) is 78.8 cm³/mol. The fourth-order valence-corrected chi connectivity index (χ4v) is 2.55. The molecule has 0 spiro atoms. The van der Waals surface area contributed by atoms with Crippen molar-refractivity contribution in [3.63, 3.8) is 0 Å². The Bertz CT molecular complexity index is 195. The second-order valence-electron chi connectivity index (χ2n) is 5.11. The second kappa shape index (κ2) is 13.4. The van der Waals surface area contributed by atoms with Crippen LogP contribution in [-0.2, 0) is 4.79 Å². The Morgan fingerprint density at radius 3 is 1.94 bits per heavy atom. The van der Waals surface area contributed by atoms with Crippen molar-refractivity contribution in [1.29, 1.82) is 0 Å². The third-order valence-corrected chi connectivity index (χ3v) is 3.99. The summed E-state index contributed by atoms with van der Waals surface area (Å²) in [5.74, 6) is -1.10. The SMILES string of the molecule is CCCCCCCCCCC(CCCBr)C(=O)[O-]. The van der Waals surface area contributed by atoms with Gasteiger partial charge in [0.05, 0.1) is 0 Å². The summed E-state index contributed by atoms with van der Waals surface area (Å²) in [5, 5.41) is 11.8. The molecule has 0 aliphatic rings. The van der Waals surface area contributed by atoms with Crippen LogP contribution in [0.2, 0.25) is 0 Å². The molecule has 0 fully saturated rings. The molecule has 108 valence electrons. The van der Waals surface area contributed by atoms with Crippen LogP contribution < -0.4 is 5.11 Å². The van der Waals surface area contributed by atoms with E-state index < -0.39 is 5.97 Å². The number of aliphatic carboxylic acids is 1. The predicted octanol–water partition coefficient (Wildman–Crippen LogP) is 4.06. The Morgan fingerprint density at radius 2 is 1.44 bits per heavy atom. The van der Waals surface area contributed by atoms with E-state index >= 15 is 0 Å². The van der Waals surface area contributed by atoms with E-state index in [1.807, 2.05) is 0 Å². The molecule has 0 aliphatic heterocycles. The van der Waals surface area contributed by atoms with Gasteiger partial charge in [-0.05, 0) is 25.2 Å². The lowest BCUT2D eigenvalue weighted by Crippen LogP contribution is -2.31. The quantitative estimate of drug-likeness (QED) is 0.379. The van der Waals surface area contributed by atoms with Gasteiger partial charge in [-0.25, -0.2) is 0 Å². The fraction of sp³-hybridized carbons (Fsp3) is 0.933. The molecule has 0 aliphatic carbocycles. The highest BCUT2D eigenvalue weighted by atomic mass is 79.9. The number of hydrogen-bond donors (Lipinski definition) is 0. The van der Waals surface area contributed by atoms with Gasteiger partial charge in [-0.3, -0.25) is 0 Å². The summed E-state index contributed by atoms with van der Waals surface area (Å²) in [7, 11) is 0. The van der Waals surface area contributed by atoms with E-state index in [0.717, 1.165) is 31.0 Å². The molecule has 0 rings (SSSR count). The highest BCUT2D eigenvalue weighted by Gasteiger charge is 2.08. The van der Waals surface area contributed by atoms with Crippen LogP contribution in [0.25, 0.3) is 0 Å². The van der Waals surface area contributed by atoms with E-state index in [1.165, 1.54) is 44.9 Å². The number of rotatable bonds is 13. The number of carboxylic acid groups (broad SMARTS) is 1. The molecule has 0 heterocycles. The maximum absolute atomic E-state index is 10.9. The topological polar surface area (TPSA) is 40.1 Å². The summed E-state index contributed by atoms with van der Waals surface area (Å²) in [5.41, 5.74) is 0. The van der Waals surface area contributed by atoms with E-state index in [0.29, 0.717) is 0 Å². The van der Waals surface area contributed by atoms with Gasteiger partial charge >= 0.3 is 0 Å². The number of carbonyl (C=O) groups excluding carboxylic acids is 1. The zero-order chi connectivity index (χ0) is 13.6. The van der Waals surface area contributed by atoms with Gasteiger partial charge in [-0.15, -0.1) is 0 Å². The number of carboxylic acids is 1. The standard InChI is InChI=1S/C15H29BrO2/c1-2-3-4-5-6-7-8-9-11-14(15(17)18)12-10-13-16/h14H,2-13H2,1H3,(H,17,18)/p-1. The van der Waals surface area contributed by atoms with Crippen LogP contribution in [0.15, 0.2) is 0 Å². The molecule has 0 aromatic heterocycles. The lowest BCUT2D eigenvalue weighted by Gasteiger charge is -2.17. The Morgan fingerprint density at radius 1 is 0.944 bits per heavy atom. The van der Waals surface area contributed by atoms with Crippen molar-refractivity contribution >= 4 is 21.9 Å². The van der Waals surface area contributed by atoms with Gasteiger partial charge < -0.3 is 9.90 Å². The molecule has 2 nitrogen and oxygen atoms in total. The number of halogens is 1. The first-order valence-corrected chi connectivity index (χ1v) is 8.61. The molecule has 0 aromatic rings. The lowest BCUT2D eigenvalue weighted by molar-refractivity contribution is -0.312. The molecule has 3 heteroatoms. The first-order chi connectivity index (χ1) is 8.72. The minimum absolute atomic E-state index is 0.234. The average Bonchev–Trinajstić information content (AvgIpc) is 2.35. The first kappa shape index (κ1) is 17.9. The van der Waals surface area contributed by atoms with E-state index in [1.54, 1.807) is 0 Å². The zero-order valence-corrected chi connectivity index (χ0v) is 13.3. The molecule has 0 radical (unpaired) electrons. The maximum Gasteiger partial charge on any atom is 0.0445 e. The van der Waals surface area contributed by atoms with Crippen molar-refractivity contribution in [2.45, 2.75) is 77.6 Å². The lowest BCUT2D eigenvalue weighted by atomic mass is 9.96. The molecular weight excluding hydrogens is 292 g/mol. The Balaban J connectivity index is 3.40. The molecular formula is C15H28BrO2-. The molecule has 0 saturated carbocycles. The van der Waals surface area contributed by atoms with Crippen LogP contribution in [0, 0.1) is 5.92 Å². The summed E-state index contributed by atoms with van der Waals surface area (Å²) in [6.45, 7) is 2.23. The summed E-state index contributed by atoms with van der Waals surface area (Å²) in [6.07, 6.45) is 12.6. The van der Waals surface area contributed by atoms with Gasteiger partial charge in [-0.1, -0.05) is 74.2 Å². The third-order valence-electron chi connectivity index (χ3n) is 3.43. The summed E-state index contributed by atoms with van der Waals surface area (Å²) >= 11 is 3.34. The number of hydrogen-bond acceptors (Lipinski definition) is 2. The van der Waals surface area contributed by atoms with Crippen molar-refractivity contribution in [1.82, 2.24) is 0 Å². The Kier molecular flexibility index (Phi) is 13.3. The molecule has 0 N–H and O–H groups in total. The smallest absolute Gasteiger partial charge is 0.0445 e. The summed E-state index contributed by atoms with van der Waals surface area (Å²) in [6, 6.07) is 0. The minimum atomic E-state index is -0.862. The summed E-state index contributed by atoms with van der Waals surface area (Å²) in [4.78, 5) is 10.9. The van der Waals surface area contributed by atoms with Crippen LogP contribution in [0.1, 0.15) is 77.6 Å². The number of alkyl halides is 1. The van der Waals surface area contributed by atoms with Gasteiger partial charge in [-0.2, -0.15) is 0 Å². The van der Waals surface area contributed by atoms with Crippen LogP contribution in [0.5, 0.6) is 0 Å². The maximum atomic E-state index is 10.9. The van der Waals surface area contributed by atoms with Gasteiger partial charge in [0, 0.05) is 11.3 Å². The molecule has 0 amide bonds. The second-order valence-corrected chi connectivity index (χ2v) is 5.90. The van der Waals surface area contributed by atoms with Crippen LogP contribution in [0.4, 0.5) is 0 Å². The van der Waals surface area contributed by atoms with Gasteiger partial charge in [0.25, 0.3) is 0 Å². The minimum Gasteiger partial charge on any atom is -0.550 e. The van der Waals surface area contributed by atoms with E-state index in [-0.39, 0.29) is 5.92 Å². The van der Waals surface area contributed by atoms with Crippen molar-refractivity contribution in [2.24, 2.45) is 5.92 Å². The van der Waals surface area contributed by atoms with E-state index in [9.17, 15) is 9.90 Å². The number of carbonyl (C=O) groups is 1. The molecule has 1 atom stereocenters. The van der Waals surface area contributed by atoms with Crippen LogP contribution in [-0.4, -0.2) is 11.3 Å². The Hall–Kier alpha value is -0.0500. The monoisotopic (exact) mass is 319 g/mol. The van der Waals surface area contributed by atoms with E-state index in [4.69, 9.17) is 0 Å². The third kappa shape index (κ3) is 11.1. The number of unbranched alkanes of at least 4 members (excludes halogenated alkanes) is 7. The van der Waals surface area contributed by atoms with Crippen molar-refractivity contribution in [3.8, 4) is 0 Å². The molecule has 0 bridgehead atoms. The average molecular weight is 320 g/mol.